The number of para-hydroxylation sites is 1. The van der Waals surface area contributed by atoms with Gasteiger partial charge in [0.2, 0.25) is 0 Å². The zero-order valence-electron chi connectivity index (χ0n) is 39.8. The first-order valence-electron chi connectivity index (χ1n) is 23.6. The lowest BCUT2D eigenvalue weighted by molar-refractivity contribution is 0.590. The Morgan fingerprint density at radius 2 is 0.833 bits per heavy atom. The van der Waals surface area contributed by atoms with E-state index in [2.05, 4.69) is 260 Å². The molecule has 0 amide bonds. The minimum Gasteiger partial charge on any atom is -0.309 e. The van der Waals surface area contributed by atoms with Crippen molar-refractivity contribution in [3.05, 3.63) is 205 Å². The van der Waals surface area contributed by atoms with Crippen LogP contribution in [0.3, 0.4) is 0 Å². The lowest BCUT2D eigenvalue weighted by atomic mass is 9.84. The molecule has 1 aromatic heterocycles. The molecule has 324 valence electrons. The number of nitrogens with zero attached hydrogens (tertiary/aromatic N) is 2. The van der Waals surface area contributed by atoms with Crippen LogP contribution in [0.2, 0.25) is 0 Å². The third kappa shape index (κ3) is 6.85. The van der Waals surface area contributed by atoms with Gasteiger partial charge in [0.25, 0.3) is 0 Å². The van der Waals surface area contributed by atoms with Crippen molar-refractivity contribution in [1.29, 1.82) is 0 Å². The topological polar surface area (TPSA) is 8.17 Å². The standard InChI is InChI=1S/C64H58N2/c1-62(2,3)44-29-36-57-53(38-44)54-39-45(63(4,5)6)30-37-58(54)66(57)56-35-27-43-24-31-51-55(34-26-42-25-32-52(56)61(43)60(42)51)65(47-20-14-11-15-21-47)59-40-46(64(7,8)9)28-33-50(59)49-23-17-16-22-48(49)41-18-12-10-13-19-41/h10-40H,1-9H3. The van der Waals surface area contributed by atoms with E-state index in [1.165, 1.54) is 98.8 Å². The molecule has 0 spiro atoms. The second-order valence-electron chi connectivity index (χ2n) is 21.5. The van der Waals surface area contributed by atoms with Crippen molar-refractivity contribution in [2.45, 2.75) is 78.6 Å². The van der Waals surface area contributed by atoms with E-state index in [9.17, 15) is 0 Å². The number of anilines is 3. The molecule has 0 radical (unpaired) electrons. The van der Waals surface area contributed by atoms with Gasteiger partial charge in [-0.15, -0.1) is 0 Å². The van der Waals surface area contributed by atoms with E-state index in [0.29, 0.717) is 0 Å². The lowest BCUT2D eigenvalue weighted by Crippen LogP contribution is -2.16. The lowest BCUT2D eigenvalue weighted by Gasteiger charge is -2.32. The minimum absolute atomic E-state index is 0.0305. The third-order valence-electron chi connectivity index (χ3n) is 14.0. The zero-order chi connectivity index (χ0) is 45.7. The first-order valence-corrected chi connectivity index (χ1v) is 23.6. The fourth-order valence-corrected chi connectivity index (χ4v) is 10.4. The van der Waals surface area contributed by atoms with E-state index in [4.69, 9.17) is 0 Å². The molecule has 1 heterocycles. The van der Waals surface area contributed by atoms with Gasteiger partial charge >= 0.3 is 0 Å². The van der Waals surface area contributed by atoms with Crippen LogP contribution in [0.4, 0.5) is 17.1 Å². The molecule has 11 aromatic rings. The van der Waals surface area contributed by atoms with Crippen LogP contribution in [0.5, 0.6) is 0 Å². The molecule has 2 heteroatoms. The Kier molecular flexibility index (Phi) is 9.57. The van der Waals surface area contributed by atoms with Crippen LogP contribution in [0.15, 0.2) is 188 Å². The van der Waals surface area contributed by atoms with Gasteiger partial charge in [-0.3, -0.25) is 0 Å². The maximum Gasteiger partial charge on any atom is 0.0543 e. The quantitative estimate of drug-likeness (QED) is 0.151. The van der Waals surface area contributed by atoms with Crippen LogP contribution >= 0.6 is 0 Å². The van der Waals surface area contributed by atoms with Gasteiger partial charge in [0, 0.05) is 32.8 Å². The van der Waals surface area contributed by atoms with Crippen LogP contribution in [-0.4, -0.2) is 4.57 Å². The van der Waals surface area contributed by atoms with E-state index in [-0.39, 0.29) is 16.2 Å². The molecule has 0 N–H and O–H groups in total. The van der Waals surface area contributed by atoms with E-state index >= 15 is 0 Å². The summed E-state index contributed by atoms with van der Waals surface area (Å²) in [6.07, 6.45) is 0. The smallest absolute Gasteiger partial charge is 0.0543 e. The molecule has 2 nitrogen and oxygen atoms in total. The molecule has 0 saturated carbocycles. The summed E-state index contributed by atoms with van der Waals surface area (Å²) in [5.74, 6) is 0. The molecule has 0 bridgehead atoms. The Balaban J connectivity index is 1.19. The predicted octanol–water partition coefficient (Wildman–Crippen LogP) is 18.4. The number of benzene rings is 10. The molecule has 0 aliphatic heterocycles. The van der Waals surface area contributed by atoms with Crippen LogP contribution in [0.25, 0.3) is 82.1 Å². The van der Waals surface area contributed by atoms with Crippen LogP contribution in [-0.2, 0) is 16.2 Å². The van der Waals surface area contributed by atoms with E-state index < -0.39 is 0 Å². The third-order valence-corrected chi connectivity index (χ3v) is 14.0. The first kappa shape index (κ1) is 41.5. The largest absolute Gasteiger partial charge is 0.309 e. The van der Waals surface area contributed by atoms with Gasteiger partial charge in [0.1, 0.15) is 0 Å². The zero-order valence-corrected chi connectivity index (χ0v) is 39.8. The van der Waals surface area contributed by atoms with Crippen molar-refractivity contribution in [3.63, 3.8) is 0 Å². The van der Waals surface area contributed by atoms with Crippen molar-refractivity contribution < 1.29 is 0 Å². The van der Waals surface area contributed by atoms with Gasteiger partial charge < -0.3 is 9.47 Å². The van der Waals surface area contributed by atoms with Crippen molar-refractivity contribution in [3.8, 4) is 27.9 Å². The highest BCUT2D eigenvalue weighted by molar-refractivity contribution is 6.27. The van der Waals surface area contributed by atoms with Gasteiger partial charge in [-0.05, 0) is 126 Å². The summed E-state index contributed by atoms with van der Waals surface area (Å²) >= 11 is 0. The molecule has 0 atom stereocenters. The maximum atomic E-state index is 2.53. The van der Waals surface area contributed by atoms with E-state index in [0.717, 1.165) is 17.1 Å². The molecule has 11 rings (SSSR count). The van der Waals surface area contributed by atoms with Gasteiger partial charge in [-0.25, -0.2) is 0 Å². The normalized spacial score (nSPS) is 12.6. The summed E-state index contributed by atoms with van der Waals surface area (Å²) in [6.45, 7) is 20.8. The molecule has 0 fully saturated rings. The SMILES string of the molecule is CC(C)(C)c1ccc(-c2ccccc2-c2ccccc2)c(N(c2ccccc2)c2ccc3ccc4c(-n5c6ccc(C(C)(C)C)cc6c6cc(C(C)(C)C)ccc65)ccc5ccc2c3c54)c1. The van der Waals surface area contributed by atoms with Gasteiger partial charge in [0.05, 0.1) is 28.1 Å². The fraction of sp³-hybridized carbons (Fsp3) is 0.188. The number of rotatable bonds is 6. The highest BCUT2D eigenvalue weighted by atomic mass is 15.1. The van der Waals surface area contributed by atoms with Crippen molar-refractivity contribution in [2.24, 2.45) is 0 Å². The average molecular weight is 855 g/mol. The Morgan fingerprint density at radius 3 is 1.44 bits per heavy atom. The van der Waals surface area contributed by atoms with Gasteiger partial charge in [0.15, 0.2) is 0 Å². The van der Waals surface area contributed by atoms with Gasteiger partial charge in [-0.2, -0.15) is 0 Å². The van der Waals surface area contributed by atoms with E-state index in [1.54, 1.807) is 0 Å². The Hall–Kier alpha value is -7.16. The molecule has 0 aliphatic rings. The van der Waals surface area contributed by atoms with Crippen LogP contribution in [0.1, 0.15) is 79.0 Å². The summed E-state index contributed by atoms with van der Waals surface area (Å²) in [5.41, 5.74) is 15.9. The predicted molar refractivity (Wildman–Crippen MR) is 286 cm³/mol. The summed E-state index contributed by atoms with van der Waals surface area (Å²) in [5, 5.41) is 10.1. The summed E-state index contributed by atoms with van der Waals surface area (Å²) in [4.78, 5) is 2.52. The highest BCUT2D eigenvalue weighted by Crippen LogP contribution is 2.50. The fourth-order valence-electron chi connectivity index (χ4n) is 10.4. The van der Waals surface area contributed by atoms with Gasteiger partial charge in [-0.1, -0.05) is 196 Å². The highest BCUT2D eigenvalue weighted by Gasteiger charge is 2.27. The van der Waals surface area contributed by atoms with Crippen LogP contribution < -0.4 is 4.90 Å². The second kappa shape index (κ2) is 15.2. The maximum absolute atomic E-state index is 2.53. The Morgan fingerprint density at radius 1 is 0.348 bits per heavy atom. The molecule has 0 saturated heterocycles. The summed E-state index contributed by atoms with van der Waals surface area (Å²) in [6, 6.07) is 70.8. The molecule has 10 aromatic carbocycles. The van der Waals surface area contributed by atoms with Crippen molar-refractivity contribution >= 4 is 71.2 Å². The first-order chi connectivity index (χ1) is 31.6. The molecule has 0 aliphatic carbocycles. The number of fused-ring (bicyclic) bond motifs is 3. The Labute approximate surface area is 390 Å². The van der Waals surface area contributed by atoms with E-state index in [1.807, 2.05) is 0 Å². The summed E-state index contributed by atoms with van der Waals surface area (Å²) < 4.78 is 2.53. The Bertz CT molecular complexity index is 3550. The second-order valence-corrected chi connectivity index (χ2v) is 21.5. The molecular formula is C64H58N2. The number of hydrogen-bond acceptors (Lipinski definition) is 1. The average Bonchev–Trinajstić information content (AvgIpc) is 3.64. The summed E-state index contributed by atoms with van der Waals surface area (Å²) in [7, 11) is 0. The minimum atomic E-state index is -0.0664. The molecule has 66 heavy (non-hydrogen) atoms. The number of aromatic nitrogens is 1. The monoisotopic (exact) mass is 854 g/mol. The number of hydrogen-bond donors (Lipinski definition) is 0. The molecule has 0 unspecified atom stereocenters. The van der Waals surface area contributed by atoms with Crippen LogP contribution in [0, 0.1) is 0 Å². The molecular weight excluding hydrogens is 797 g/mol. The van der Waals surface area contributed by atoms with Crippen molar-refractivity contribution in [1.82, 2.24) is 4.57 Å². The van der Waals surface area contributed by atoms with Crippen molar-refractivity contribution in [2.75, 3.05) is 4.90 Å².